The largest absolute Gasteiger partial charge is 0.492 e. The smallest absolute Gasteiger partial charge is 0.222 e. The van der Waals surface area contributed by atoms with Crippen LogP contribution in [0.3, 0.4) is 0 Å². The van der Waals surface area contributed by atoms with Crippen molar-refractivity contribution >= 4 is 17.5 Å². The molecule has 5 heteroatoms. The molecule has 0 aliphatic heterocycles. The zero-order valence-electron chi connectivity index (χ0n) is 13.1. The van der Waals surface area contributed by atoms with Gasteiger partial charge in [-0.3, -0.25) is 4.79 Å². The summed E-state index contributed by atoms with van der Waals surface area (Å²) in [6.07, 6.45) is 2.91. The molecular weight excluding hydrogens is 288 g/mol. The van der Waals surface area contributed by atoms with Crippen LogP contribution in [0.25, 0.3) is 0 Å². The summed E-state index contributed by atoms with van der Waals surface area (Å²) < 4.78 is 5.62. The van der Waals surface area contributed by atoms with Gasteiger partial charge in [0.05, 0.1) is 11.6 Å². The van der Waals surface area contributed by atoms with E-state index in [1.54, 1.807) is 19.0 Å². The molecule has 1 amide bonds. The SMILES string of the molecule is CCC(N)Cc1ccc(OCCCC(=O)N(C)C)c(Cl)c1. The second-order valence-corrected chi connectivity index (χ2v) is 5.78. The Morgan fingerprint density at radius 1 is 1.43 bits per heavy atom. The second-order valence-electron chi connectivity index (χ2n) is 5.38. The van der Waals surface area contributed by atoms with Crippen molar-refractivity contribution in [2.24, 2.45) is 5.73 Å². The minimum Gasteiger partial charge on any atom is -0.492 e. The number of rotatable bonds is 8. The first-order valence-corrected chi connectivity index (χ1v) is 7.68. The van der Waals surface area contributed by atoms with Crippen molar-refractivity contribution in [3.63, 3.8) is 0 Å². The molecule has 0 saturated carbocycles. The zero-order chi connectivity index (χ0) is 15.8. The number of hydrogen-bond acceptors (Lipinski definition) is 3. The Balaban J connectivity index is 2.44. The first kappa shape index (κ1) is 17.8. The van der Waals surface area contributed by atoms with Gasteiger partial charge < -0.3 is 15.4 Å². The van der Waals surface area contributed by atoms with E-state index in [4.69, 9.17) is 22.1 Å². The van der Waals surface area contributed by atoms with E-state index in [0.717, 1.165) is 18.4 Å². The minimum atomic E-state index is 0.105. The zero-order valence-corrected chi connectivity index (χ0v) is 13.8. The van der Waals surface area contributed by atoms with E-state index in [2.05, 4.69) is 6.92 Å². The molecule has 1 aromatic rings. The van der Waals surface area contributed by atoms with Crippen LogP contribution < -0.4 is 10.5 Å². The average Bonchev–Trinajstić information content (AvgIpc) is 2.44. The van der Waals surface area contributed by atoms with Crippen molar-refractivity contribution < 1.29 is 9.53 Å². The number of benzene rings is 1. The maximum absolute atomic E-state index is 11.4. The van der Waals surface area contributed by atoms with Crippen LogP contribution in [-0.4, -0.2) is 37.6 Å². The Hall–Kier alpha value is -1.26. The third kappa shape index (κ3) is 6.36. The monoisotopic (exact) mass is 312 g/mol. The first-order chi connectivity index (χ1) is 9.93. The van der Waals surface area contributed by atoms with Crippen molar-refractivity contribution in [2.75, 3.05) is 20.7 Å². The highest BCUT2D eigenvalue weighted by molar-refractivity contribution is 6.32. The van der Waals surface area contributed by atoms with E-state index >= 15 is 0 Å². The topological polar surface area (TPSA) is 55.6 Å². The van der Waals surface area contributed by atoms with Gasteiger partial charge >= 0.3 is 0 Å². The lowest BCUT2D eigenvalue weighted by Gasteiger charge is -2.13. The number of halogens is 1. The lowest BCUT2D eigenvalue weighted by atomic mass is 10.0. The van der Waals surface area contributed by atoms with Gasteiger partial charge in [0.1, 0.15) is 5.75 Å². The van der Waals surface area contributed by atoms with Crippen molar-refractivity contribution in [2.45, 2.75) is 38.6 Å². The van der Waals surface area contributed by atoms with E-state index < -0.39 is 0 Å². The Bertz CT molecular complexity index is 464. The van der Waals surface area contributed by atoms with Crippen molar-refractivity contribution in [3.8, 4) is 5.75 Å². The second kappa shape index (κ2) is 8.90. The predicted molar refractivity (Wildman–Crippen MR) is 86.8 cm³/mol. The molecule has 0 radical (unpaired) electrons. The van der Waals surface area contributed by atoms with Gasteiger partial charge in [-0.05, 0) is 37.0 Å². The highest BCUT2D eigenvalue weighted by Crippen LogP contribution is 2.26. The van der Waals surface area contributed by atoms with Crippen molar-refractivity contribution in [1.29, 1.82) is 0 Å². The standard InChI is InChI=1S/C16H25ClN2O2/c1-4-13(18)10-12-7-8-15(14(17)11-12)21-9-5-6-16(20)19(2)3/h7-8,11,13H,4-6,9-10,18H2,1-3H3. The molecule has 0 aromatic heterocycles. The summed E-state index contributed by atoms with van der Waals surface area (Å²) >= 11 is 6.21. The summed E-state index contributed by atoms with van der Waals surface area (Å²) in [5, 5.41) is 0.592. The van der Waals surface area contributed by atoms with E-state index in [9.17, 15) is 4.79 Å². The molecule has 1 aromatic carbocycles. The predicted octanol–water partition coefficient (Wildman–Crippen LogP) is 2.87. The molecular formula is C16H25ClN2O2. The van der Waals surface area contributed by atoms with Crippen LogP contribution in [-0.2, 0) is 11.2 Å². The molecule has 0 aliphatic rings. The fraction of sp³-hybridized carbons (Fsp3) is 0.562. The molecule has 0 aliphatic carbocycles. The molecule has 118 valence electrons. The number of carbonyl (C=O) groups is 1. The lowest BCUT2D eigenvalue weighted by Crippen LogP contribution is -2.21. The van der Waals surface area contributed by atoms with Crippen LogP contribution in [0.5, 0.6) is 5.75 Å². The van der Waals surface area contributed by atoms with Crippen molar-refractivity contribution in [3.05, 3.63) is 28.8 Å². The fourth-order valence-electron chi connectivity index (χ4n) is 1.86. The summed E-state index contributed by atoms with van der Waals surface area (Å²) in [5.41, 5.74) is 7.05. The molecule has 1 rings (SSSR count). The summed E-state index contributed by atoms with van der Waals surface area (Å²) in [4.78, 5) is 13.0. The highest BCUT2D eigenvalue weighted by atomic mass is 35.5. The van der Waals surface area contributed by atoms with E-state index in [-0.39, 0.29) is 11.9 Å². The normalized spacial score (nSPS) is 12.0. The molecule has 21 heavy (non-hydrogen) atoms. The summed E-state index contributed by atoms with van der Waals surface area (Å²) in [5.74, 6) is 0.761. The number of nitrogens with two attached hydrogens (primary N) is 1. The van der Waals surface area contributed by atoms with Crippen LogP contribution in [0, 0.1) is 0 Å². The summed E-state index contributed by atoms with van der Waals surface area (Å²) in [6.45, 7) is 2.55. The Kier molecular flexibility index (Phi) is 7.54. The summed E-state index contributed by atoms with van der Waals surface area (Å²) in [6, 6.07) is 5.91. The summed E-state index contributed by atoms with van der Waals surface area (Å²) in [7, 11) is 3.50. The van der Waals surface area contributed by atoms with Crippen molar-refractivity contribution in [1.82, 2.24) is 4.90 Å². The molecule has 0 heterocycles. The highest BCUT2D eigenvalue weighted by Gasteiger charge is 2.07. The fourth-order valence-corrected chi connectivity index (χ4v) is 2.12. The maximum Gasteiger partial charge on any atom is 0.222 e. The van der Waals surface area contributed by atoms with Gasteiger partial charge in [0.15, 0.2) is 0 Å². The Labute approximate surface area is 132 Å². The van der Waals surface area contributed by atoms with Gasteiger partial charge in [0, 0.05) is 26.6 Å². The van der Waals surface area contributed by atoms with Crippen LogP contribution in [0.4, 0.5) is 0 Å². The molecule has 0 bridgehead atoms. The number of hydrogen-bond donors (Lipinski definition) is 1. The van der Waals surface area contributed by atoms with Crippen LogP contribution in [0.2, 0.25) is 5.02 Å². The van der Waals surface area contributed by atoms with Gasteiger partial charge in [0.2, 0.25) is 5.91 Å². The van der Waals surface area contributed by atoms with Gasteiger partial charge in [-0.1, -0.05) is 24.6 Å². The molecule has 2 N–H and O–H groups in total. The number of nitrogens with zero attached hydrogens (tertiary/aromatic N) is 1. The number of carbonyl (C=O) groups excluding carboxylic acids is 1. The van der Waals surface area contributed by atoms with Crippen LogP contribution in [0.15, 0.2) is 18.2 Å². The van der Waals surface area contributed by atoms with Crippen LogP contribution >= 0.6 is 11.6 Å². The molecule has 1 unspecified atom stereocenters. The van der Waals surface area contributed by atoms with Gasteiger partial charge in [-0.15, -0.1) is 0 Å². The number of ether oxygens (including phenoxy) is 1. The molecule has 0 spiro atoms. The molecule has 1 atom stereocenters. The average molecular weight is 313 g/mol. The van der Waals surface area contributed by atoms with Gasteiger partial charge in [0.25, 0.3) is 0 Å². The minimum absolute atomic E-state index is 0.105. The molecule has 0 fully saturated rings. The van der Waals surface area contributed by atoms with Crippen LogP contribution in [0.1, 0.15) is 31.7 Å². The molecule has 0 saturated heterocycles. The molecule has 4 nitrogen and oxygen atoms in total. The van der Waals surface area contributed by atoms with Gasteiger partial charge in [-0.25, -0.2) is 0 Å². The van der Waals surface area contributed by atoms with E-state index in [1.807, 2.05) is 18.2 Å². The van der Waals surface area contributed by atoms with Gasteiger partial charge in [-0.2, -0.15) is 0 Å². The Morgan fingerprint density at radius 3 is 2.71 bits per heavy atom. The quantitative estimate of drug-likeness (QED) is 0.751. The van der Waals surface area contributed by atoms with E-state index in [0.29, 0.717) is 30.2 Å². The third-order valence-corrected chi connectivity index (χ3v) is 3.61. The van der Waals surface area contributed by atoms with E-state index in [1.165, 1.54) is 0 Å². The third-order valence-electron chi connectivity index (χ3n) is 3.31. The number of amides is 1. The Morgan fingerprint density at radius 2 is 2.14 bits per heavy atom. The first-order valence-electron chi connectivity index (χ1n) is 7.31. The lowest BCUT2D eigenvalue weighted by molar-refractivity contribution is -0.128. The maximum atomic E-state index is 11.4.